The Balaban J connectivity index is 1.66. The number of aromatic nitrogens is 2. The van der Waals surface area contributed by atoms with E-state index in [-0.39, 0.29) is 6.04 Å². The van der Waals surface area contributed by atoms with Crippen molar-refractivity contribution < 1.29 is 4.21 Å². The first-order valence-corrected chi connectivity index (χ1v) is 10.1. The first kappa shape index (κ1) is 18.6. The van der Waals surface area contributed by atoms with Crippen LogP contribution in [0.1, 0.15) is 42.9 Å². The molecule has 0 spiro atoms. The number of H-pyrrole nitrogens is 1. The van der Waals surface area contributed by atoms with Crippen molar-refractivity contribution in [2.24, 2.45) is 0 Å². The van der Waals surface area contributed by atoms with Crippen LogP contribution in [0, 0.1) is 6.92 Å². The maximum absolute atomic E-state index is 11.9. The van der Waals surface area contributed by atoms with Gasteiger partial charge in [0, 0.05) is 31.6 Å². The Kier molecular flexibility index (Phi) is 5.94. The van der Waals surface area contributed by atoms with Crippen molar-refractivity contribution in [3.63, 3.8) is 0 Å². The number of hydrogen-bond acceptors (Lipinski definition) is 2. The molecule has 1 saturated carbocycles. The molecule has 5 nitrogen and oxygen atoms in total. The summed E-state index contributed by atoms with van der Waals surface area (Å²) in [6, 6.07) is 8.54. The Morgan fingerprint density at radius 1 is 1.20 bits per heavy atom. The lowest BCUT2D eigenvalue weighted by Crippen LogP contribution is -2.39. The van der Waals surface area contributed by atoms with Crippen molar-refractivity contribution in [1.82, 2.24) is 19.2 Å². The summed E-state index contributed by atoms with van der Waals surface area (Å²) in [5, 5.41) is 8.35. The van der Waals surface area contributed by atoms with Crippen molar-refractivity contribution in [3.05, 3.63) is 40.5 Å². The van der Waals surface area contributed by atoms with Gasteiger partial charge in [0.15, 0.2) is 11.2 Å². The fourth-order valence-corrected chi connectivity index (χ4v) is 4.34. The molecular weight excluding hydrogens is 356 g/mol. The van der Waals surface area contributed by atoms with Crippen molar-refractivity contribution in [2.75, 3.05) is 14.1 Å². The average Bonchev–Trinajstić information content (AvgIpc) is 2.98. The standard InChI is InChI=1S/C18H25ClN4OS/c1-12-4-6-13(7-5-12)17-16(19)18(21-20-17)14-8-10-15(11-9-14)22-25(24)23(2)3/h4-7,14-15,22H,8-11H2,1-3H3,(H,20,21). The van der Waals surface area contributed by atoms with Crippen LogP contribution in [0.15, 0.2) is 24.3 Å². The lowest BCUT2D eigenvalue weighted by molar-refractivity contribution is 0.370. The van der Waals surface area contributed by atoms with Crippen LogP contribution in [-0.2, 0) is 11.2 Å². The van der Waals surface area contributed by atoms with Crippen LogP contribution in [-0.4, -0.2) is 38.8 Å². The maximum atomic E-state index is 11.9. The molecule has 3 rings (SSSR count). The molecule has 0 radical (unpaired) electrons. The number of nitrogens with one attached hydrogen (secondary N) is 2. The molecule has 1 atom stereocenters. The smallest absolute Gasteiger partial charge is 0.169 e. The van der Waals surface area contributed by atoms with E-state index in [1.807, 2.05) is 14.1 Å². The highest BCUT2D eigenvalue weighted by atomic mass is 35.5. The van der Waals surface area contributed by atoms with E-state index in [0.29, 0.717) is 5.92 Å². The van der Waals surface area contributed by atoms with E-state index in [2.05, 4.69) is 46.1 Å². The molecule has 1 aliphatic carbocycles. The van der Waals surface area contributed by atoms with Crippen LogP contribution >= 0.6 is 11.6 Å². The summed E-state index contributed by atoms with van der Waals surface area (Å²) in [4.78, 5) is 0. The molecule has 0 bridgehead atoms. The Bertz CT molecular complexity index is 736. The van der Waals surface area contributed by atoms with E-state index in [0.717, 1.165) is 47.7 Å². The minimum absolute atomic E-state index is 0.290. The Hall–Kier alpha value is -1.21. The Morgan fingerprint density at radius 2 is 1.84 bits per heavy atom. The summed E-state index contributed by atoms with van der Waals surface area (Å²) in [6.45, 7) is 2.07. The summed E-state index contributed by atoms with van der Waals surface area (Å²) in [5.41, 5.74) is 4.11. The molecule has 1 unspecified atom stereocenters. The predicted molar refractivity (Wildman–Crippen MR) is 104 cm³/mol. The number of halogens is 1. The molecule has 0 amide bonds. The van der Waals surface area contributed by atoms with Gasteiger partial charge in [0.1, 0.15) is 5.69 Å². The molecular formula is C18H25ClN4OS. The van der Waals surface area contributed by atoms with Gasteiger partial charge in [-0.05, 0) is 32.6 Å². The van der Waals surface area contributed by atoms with Crippen LogP contribution in [0.4, 0.5) is 0 Å². The summed E-state index contributed by atoms with van der Waals surface area (Å²) in [5.74, 6) is 0.380. The molecule has 1 aromatic heterocycles. The monoisotopic (exact) mass is 380 g/mol. The van der Waals surface area contributed by atoms with E-state index in [4.69, 9.17) is 11.6 Å². The van der Waals surface area contributed by atoms with Crippen molar-refractivity contribution in [2.45, 2.75) is 44.6 Å². The zero-order chi connectivity index (χ0) is 18.0. The molecule has 1 fully saturated rings. The lowest BCUT2D eigenvalue weighted by Gasteiger charge is -2.29. The van der Waals surface area contributed by atoms with Gasteiger partial charge in [-0.15, -0.1) is 0 Å². The molecule has 0 aliphatic heterocycles. The SMILES string of the molecule is Cc1ccc(-c2n[nH]c(C3CCC(NS(=O)N(C)C)CC3)c2Cl)cc1. The Morgan fingerprint density at radius 3 is 2.44 bits per heavy atom. The molecule has 2 aromatic rings. The van der Waals surface area contributed by atoms with E-state index >= 15 is 0 Å². The second-order valence-electron chi connectivity index (χ2n) is 6.89. The largest absolute Gasteiger partial charge is 0.280 e. The first-order valence-electron chi connectivity index (χ1n) is 8.62. The Labute approximate surface area is 156 Å². The minimum Gasteiger partial charge on any atom is -0.280 e. The van der Waals surface area contributed by atoms with Gasteiger partial charge in [-0.3, -0.25) is 5.10 Å². The van der Waals surface area contributed by atoms with Crippen LogP contribution in [0.25, 0.3) is 11.3 Å². The number of nitrogens with zero attached hydrogens (tertiary/aromatic N) is 2. The summed E-state index contributed by atoms with van der Waals surface area (Å²) in [7, 11) is 3.62. The zero-order valence-corrected chi connectivity index (χ0v) is 16.5. The van der Waals surface area contributed by atoms with Crippen molar-refractivity contribution >= 4 is 22.8 Å². The van der Waals surface area contributed by atoms with Crippen LogP contribution in [0.5, 0.6) is 0 Å². The number of aryl methyl sites for hydroxylation is 1. The third-order valence-corrected chi connectivity index (χ3v) is 6.37. The molecule has 25 heavy (non-hydrogen) atoms. The van der Waals surface area contributed by atoms with E-state index in [9.17, 15) is 4.21 Å². The summed E-state index contributed by atoms with van der Waals surface area (Å²) < 4.78 is 16.8. The predicted octanol–water partition coefficient (Wildman–Crippen LogP) is 3.79. The molecule has 7 heteroatoms. The molecule has 0 saturated heterocycles. The number of aromatic amines is 1. The van der Waals surface area contributed by atoms with Gasteiger partial charge in [0.05, 0.1) is 10.7 Å². The third-order valence-electron chi connectivity index (χ3n) is 4.79. The molecule has 136 valence electrons. The van der Waals surface area contributed by atoms with Gasteiger partial charge in [-0.25, -0.2) is 13.2 Å². The highest BCUT2D eigenvalue weighted by Crippen LogP contribution is 2.39. The summed E-state index contributed by atoms with van der Waals surface area (Å²) in [6.07, 6.45) is 3.99. The van der Waals surface area contributed by atoms with Gasteiger partial charge in [0.2, 0.25) is 0 Å². The molecule has 1 aliphatic rings. The lowest BCUT2D eigenvalue weighted by atomic mass is 9.84. The van der Waals surface area contributed by atoms with E-state index in [1.165, 1.54) is 5.56 Å². The fourth-order valence-electron chi connectivity index (χ4n) is 3.26. The van der Waals surface area contributed by atoms with Crippen LogP contribution in [0.3, 0.4) is 0 Å². The summed E-state index contributed by atoms with van der Waals surface area (Å²) >= 11 is 5.51. The molecule has 2 N–H and O–H groups in total. The van der Waals surface area contributed by atoms with E-state index < -0.39 is 11.2 Å². The zero-order valence-electron chi connectivity index (χ0n) is 14.9. The molecule has 1 heterocycles. The third kappa shape index (κ3) is 4.31. The number of rotatable bonds is 5. The van der Waals surface area contributed by atoms with Gasteiger partial charge >= 0.3 is 0 Å². The van der Waals surface area contributed by atoms with Gasteiger partial charge in [-0.1, -0.05) is 41.4 Å². The second-order valence-corrected chi connectivity index (χ2v) is 8.74. The van der Waals surface area contributed by atoms with Crippen molar-refractivity contribution in [1.29, 1.82) is 0 Å². The second kappa shape index (κ2) is 7.99. The minimum atomic E-state index is -1.12. The highest BCUT2D eigenvalue weighted by molar-refractivity contribution is 7.80. The maximum Gasteiger partial charge on any atom is 0.169 e. The number of hydrogen-bond donors (Lipinski definition) is 2. The van der Waals surface area contributed by atoms with Crippen LogP contribution < -0.4 is 4.72 Å². The van der Waals surface area contributed by atoms with Gasteiger partial charge in [-0.2, -0.15) is 5.10 Å². The van der Waals surface area contributed by atoms with Gasteiger partial charge < -0.3 is 0 Å². The topological polar surface area (TPSA) is 61.0 Å². The first-order chi connectivity index (χ1) is 12.0. The van der Waals surface area contributed by atoms with Gasteiger partial charge in [0.25, 0.3) is 0 Å². The van der Waals surface area contributed by atoms with Crippen LogP contribution in [0.2, 0.25) is 5.02 Å². The average molecular weight is 381 g/mol. The highest BCUT2D eigenvalue weighted by Gasteiger charge is 2.27. The molecule has 1 aromatic carbocycles. The number of benzene rings is 1. The van der Waals surface area contributed by atoms with Crippen molar-refractivity contribution in [3.8, 4) is 11.3 Å². The van der Waals surface area contributed by atoms with E-state index in [1.54, 1.807) is 4.31 Å². The normalized spacial score (nSPS) is 22.3. The fraction of sp³-hybridized carbons (Fsp3) is 0.500. The quantitative estimate of drug-likeness (QED) is 0.828.